The van der Waals surface area contributed by atoms with E-state index in [2.05, 4.69) is 10.3 Å². The van der Waals surface area contributed by atoms with Crippen molar-refractivity contribution >= 4 is 39.5 Å². The number of nitrogens with zero attached hydrogens (tertiary/aromatic N) is 1. The van der Waals surface area contributed by atoms with E-state index in [0.717, 1.165) is 0 Å². The number of hydrogen-bond acceptors (Lipinski definition) is 6. The fraction of sp³-hybridized carbons (Fsp3) is 0. The van der Waals surface area contributed by atoms with Gasteiger partial charge in [0.05, 0.1) is 5.56 Å². The first-order valence-electron chi connectivity index (χ1n) is 6.49. The summed E-state index contributed by atoms with van der Waals surface area (Å²) in [7, 11) is 0. The Labute approximate surface area is 139 Å². The van der Waals surface area contributed by atoms with E-state index in [1.165, 1.54) is 22.7 Å². The van der Waals surface area contributed by atoms with Crippen LogP contribution in [-0.2, 0) is 0 Å². The van der Waals surface area contributed by atoms with Crippen LogP contribution in [0.25, 0.3) is 0 Å². The minimum Gasteiger partial charge on any atom is -0.431 e. The first kappa shape index (κ1) is 15.2. The molecule has 0 unspecified atom stereocenters. The summed E-state index contributed by atoms with van der Waals surface area (Å²) in [6.07, 6.45) is 1.65. The Morgan fingerprint density at radius 3 is 2.52 bits per heavy atom. The molecule has 2 heterocycles. The number of rotatable bonds is 5. The van der Waals surface area contributed by atoms with E-state index in [9.17, 15) is 9.59 Å². The third-order valence-electron chi connectivity index (χ3n) is 2.89. The Balaban J connectivity index is 1.70. The van der Waals surface area contributed by atoms with Gasteiger partial charge in [0, 0.05) is 17.1 Å². The zero-order valence-electron chi connectivity index (χ0n) is 11.7. The molecule has 0 bridgehead atoms. The van der Waals surface area contributed by atoms with E-state index >= 15 is 0 Å². The average Bonchev–Trinajstić information content (AvgIpc) is 3.19. The summed E-state index contributed by atoms with van der Waals surface area (Å²) in [6.45, 7) is 0. The topological polar surface area (TPSA) is 94.3 Å². The van der Waals surface area contributed by atoms with E-state index in [0.29, 0.717) is 27.1 Å². The van der Waals surface area contributed by atoms with Gasteiger partial charge in [0.15, 0.2) is 0 Å². The second-order valence-corrected chi connectivity index (χ2v) is 6.18. The highest BCUT2D eigenvalue weighted by Crippen LogP contribution is 2.25. The van der Waals surface area contributed by atoms with E-state index in [1.807, 2.05) is 5.38 Å². The molecule has 8 heteroatoms. The average molecular weight is 345 g/mol. The van der Waals surface area contributed by atoms with Crippen molar-refractivity contribution in [2.45, 2.75) is 0 Å². The lowest BCUT2D eigenvalue weighted by atomic mass is 10.2. The minimum atomic E-state index is -0.575. The summed E-state index contributed by atoms with van der Waals surface area (Å²) in [6, 6.07) is 8.21. The van der Waals surface area contributed by atoms with Crippen LogP contribution in [0.1, 0.15) is 20.7 Å². The summed E-state index contributed by atoms with van der Waals surface area (Å²) in [5, 5.41) is 7.16. The SMILES string of the molecule is NC(=O)c1ccsc1NC(=O)c1ccc(Oc2nccs2)cc1. The van der Waals surface area contributed by atoms with E-state index in [1.54, 1.807) is 41.9 Å². The summed E-state index contributed by atoms with van der Waals surface area (Å²) in [5.41, 5.74) is 6.00. The van der Waals surface area contributed by atoms with Gasteiger partial charge in [0.2, 0.25) is 0 Å². The first-order chi connectivity index (χ1) is 11.1. The summed E-state index contributed by atoms with van der Waals surface area (Å²) in [5.74, 6) is -0.310. The molecule has 23 heavy (non-hydrogen) atoms. The van der Waals surface area contributed by atoms with E-state index < -0.39 is 5.91 Å². The van der Waals surface area contributed by atoms with Gasteiger partial charge in [-0.2, -0.15) is 0 Å². The number of carbonyl (C=O) groups excluding carboxylic acids is 2. The number of hydrogen-bond donors (Lipinski definition) is 2. The fourth-order valence-electron chi connectivity index (χ4n) is 1.81. The number of nitrogens with two attached hydrogens (primary N) is 1. The molecule has 0 atom stereocenters. The Bertz CT molecular complexity index is 826. The van der Waals surface area contributed by atoms with Gasteiger partial charge < -0.3 is 15.8 Å². The molecule has 3 rings (SSSR count). The number of nitrogens with one attached hydrogen (secondary N) is 1. The van der Waals surface area contributed by atoms with Crippen LogP contribution in [0.3, 0.4) is 0 Å². The number of aromatic nitrogens is 1. The number of carbonyl (C=O) groups is 2. The second kappa shape index (κ2) is 6.59. The number of primary amides is 1. The van der Waals surface area contributed by atoms with Crippen molar-refractivity contribution in [3.63, 3.8) is 0 Å². The van der Waals surface area contributed by atoms with Crippen LogP contribution in [0.15, 0.2) is 47.3 Å². The highest BCUT2D eigenvalue weighted by Gasteiger charge is 2.13. The molecule has 0 saturated heterocycles. The van der Waals surface area contributed by atoms with Crippen LogP contribution in [0, 0.1) is 0 Å². The van der Waals surface area contributed by atoms with Gasteiger partial charge in [0.1, 0.15) is 10.8 Å². The van der Waals surface area contributed by atoms with Crippen molar-refractivity contribution in [3.05, 3.63) is 58.4 Å². The van der Waals surface area contributed by atoms with Crippen molar-refractivity contribution in [1.29, 1.82) is 0 Å². The minimum absolute atomic E-state index is 0.298. The van der Waals surface area contributed by atoms with Gasteiger partial charge in [0.25, 0.3) is 17.0 Å². The Hall–Kier alpha value is -2.71. The maximum atomic E-state index is 12.2. The second-order valence-electron chi connectivity index (χ2n) is 4.41. The van der Waals surface area contributed by atoms with Crippen molar-refractivity contribution in [1.82, 2.24) is 4.98 Å². The van der Waals surface area contributed by atoms with E-state index in [4.69, 9.17) is 10.5 Å². The fourth-order valence-corrected chi connectivity index (χ4v) is 3.10. The Morgan fingerprint density at radius 2 is 1.87 bits per heavy atom. The zero-order chi connectivity index (χ0) is 16.2. The molecule has 0 fully saturated rings. The zero-order valence-corrected chi connectivity index (χ0v) is 13.3. The maximum absolute atomic E-state index is 12.2. The first-order valence-corrected chi connectivity index (χ1v) is 8.25. The van der Waals surface area contributed by atoms with Crippen LogP contribution < -0.4 is 15.8 Å². The summed E-state index contributed by atoms with van der Waals surface area (Å²) < 4.78 is 5.53. The Morgan fingerprint density at radius 1 is 1.09 bits per heavy atom. The van der Waals surface area contributed by atoms with Gasteiger partial charge in [-0.25, -0.2) is 4.98 Å². The molecular weight excluding hydrogens is 334 g/mol. The number of amides is 2. The lowest BCUT2D eigenvalue weighted by Gasteiger charge is -2.06. The number of thiophene rings is 1. The van der Waals surface area contributed by atoms with Gasteiger partial charge >= 0.3 is 0 Å². The van der Waals surface area contributed by atoms with Crippen LogP contribution in [-0.4, -0.2) is 16.8 Å². The molecule has 1 aromatic carbocycles. The maximum Gasteiger partial charge on any atom is 0.278 e. The predicted octanol–water partition coefficient (Wildman–Crippen LogP) is 3.35. The molecule has 6 nitrogen and oxygen atoms in total. The third kappa shape index (κ3) is 3.55. The van der Waals surface area contributed by atoms with Gasteiger partial charge in [-0.15, -0.1) is 11.3 Å². The normalized spacial score (nSPS) is 10.3. The van der Waals surface area contributed by atoms with Crippen molar-refractivity contribution in [2.75, 3.05) is 5.32 Å². The molecule has 116 valence electrons. The van der Waals surface area contributed by atoms with Crippen molar-refractivity contribution in [2.24, 2.45) is 5.73 Å². The lowest BCUT2D eigenvalue weighted by molar-refractivity contribution is 0.100. The highest BCUT2D eigenvalue weighted by atomic mass is 32.1. The molecule has 2 amide bonds. The monoisotopic (exact) mass is 345 g/mol. The van der Waals surface area contributed by atoms with Crippen molar-refractivity contribution in [3.8, 4) is 10.9 Å². The molecule has 0 spiro atoms. The Kier molecular flexibility index (Phi) is 4.35. The molecule has 0 aliphatic rings. The third-order valence-corrected chi connectivity index (χ3v) is 4.37. The van der Waals surface area contributed by atoms with E-state index in [-0.39, 0.29) is 5.91 Å². The van der Waals surface area contributed by atoms with Gasteiger partial charge in [-0.3, -0.25) is 9.59 Å². The molecule has 0 aliphatic carbocycles. The smallest absolute Gasteiger partial charge is 0.278 e. The standard InChI is InChI=1S/C15H11N3O3S2/c16-12(19)11-5-7-22-14(11)18-13(20)9-1-3-10(4-2-9)21-15-17-6-8-23-15/h1-8H,(H2,16,19)(H,18,20). The lowest BCUT2D eigenvalue weighted by Crippen LogP contribution is -2.16. The molecule has 0 radical (unpaired) electrons. The largest absolute Gasteiger partial charge is 0.431 e. The van der Waals surface area contributed by atoms with Crippen LogP contribution >= 0.6 is 22.7 Å². The summed E-state index contributed by atoms with van der Waals surface area (Å²) >= 11 is 2.62. The molecule has 0 aliphatic heterocycles. The molecule has 2 aromatic heterocycles. The van der Waals surface area contributed by atoms with Crippen molar-refractivity contribution < 1.29 is 14.3 Å². The predicted molar refractivity (Wildman–Crippen MR) is 89.4 cm³/mol. The highest BCUT2D eigenvalue weighted by molar-refractivity contribution is 7.14. The number of anilines is 1. The quantitative estimate of drug-likeness (QED) is 0.741. The van der Waals surface area contributed by atoms with Crippen LogP contribution in [0.5, 0.6) is 10.9 Å². The van der Waals surface area contributed by atoms with Crippen LogP contribution in [0.2, 0.25) is 0 Å². The summed E-state index contributed by atoms with van der Waals surface area (Å²) in [4.78, 5) is 27.5. The van der Waals surface area contributed by atoms with Crippen LogP contribution in [0.4, 0.5) is 5.00 Å². The van der Waals surface area contributed by atoms with Gasteiger partial charge in [-0.05, 0) is 35.7 Å². The number of benzene rings is 1. The molecule has 3 aromatic rings. The number of thiazole rings is 1. The van der Waals surface area contributed by atoms with Gasteiger partial charge in [-0.1, -0.05) is 11.3 Å². The molecule has 0 saturated carbocycles. The molecule has 3 N–H and O–H groups in total. The molecular formula is C15H11N3O3S2. The number of ether oxygens (including phenoxy) is 1.